The Hall–Kier alpha value is -3.29. The van der Waals surface area contributed by atoms with Gasteiger partial charge in [0.1, 0.15) is 28.6 Å². The van der Waals surface area contributed by atoms with E-state index < -0.39 is 5.97 Å². The zero-order chi connectivity index (χ0) is 22.7. The Morgan fingerprint density at radius 2 is 1.62 bits per heavy atom. The van der Waals surface area contributed by atoms with E-state index >= 15 is 0 Å². The first-order valence-corrected chi connectivity index (χ1v) is 10.7. The maximum atomic E-state index is 12.9. The molecule has 0 aliphatic heterocycles. The number of esters is 1. The van der Waals surface area contributed by atoms with Gasteiger partial charge in [-0.25, -0.2) is 4.79 Å². The Kier molecular flexibility index (Phi) is 6.48. The molecule has 0 N–H and O–H groups in total. The minimum Gasteiger partial charge on any atom is -0.482 e. The van der Waals surface area contributed by atoms with Crippen LogP contribution in [0, 0.1) is 6.92 Å². The minimum absolute atomic E-state index is 0.0764. The summed E-state index contributed by atoms with van der Waals surface area (Å²) in [5, 5.41) is 0.856. The fraction of sp³-hybridized carbons (Fsp3) is 0.0833. The molecule has 1 aromatic heterocycles. The molecule has 0 spiro atoms. The van der Waals surface area contributed by atoms with Crippen LogP contribution in [0.1, 0.15) is 5.76 Å². The van der Waals surface area contributed by atoms with Gasteiger partial charge in [0, 0.05) is 15.6 Å². The predicted octanol–water partition coefficient (Wildman–Crippen LogP) is 6.29. The zero-order valence-electron chi connectivity index (χ0n) is 16.8. The van der Waals surface area contributed by atoms with Gasteiger partial charge in [-0.1, -0.05) is 27.5 Å². The van der Waals surface area contributed by atoms with E-state index in [1.54, 1.807) is 55.5 Å². The average Bonchev–Trinajstić information content (AvgIpc) is 2.77. The van der Waals surface area contributed by atoms with Gasteiger partial charge in [0.25, 0.3) is 0 Å². The lowest BCUT2D eigenvalue weighted by Crippen LogP contribution is -2.17. The van der Waals surface area contributed by atoms with Crippen LogP contribution in [-0.4, -0.2) is 12.6 Å². The summed E-state index contributed by atoms with van der Waals surface area (Å²) in [4.78, 5) is 25.0. The number of benzene rings is 3. The smallest absolute Gasteiger partial charge is 0.349 e. The third-order valence-corrected chi connectivity index (χ3v) is 5.20. The summed E-state index contributed by atoms with van der Waals surface area (Å²) >= 11 is 9.21. The lowest BCUT2D eigenvalue weighted by molar-refractivity contribution is -0.136. The molecule has 8 heteroatoms. The van der Waals surface area contributed by atoms with Crippen LogP contribution in [0.5, 0.6) is 23.0 Å². The molecule has 4 rings (SSSR count). The molecule has 1 heterocycles. The average molecular weight is 516 g/mol. The van der Waals surface area contributed by atoms with E-state index in [2.05, 4.69) is 15.9 Å². The highest BCUT2D eigenvalue weighted by atomic mass is 79.9. The van der Waals surface area contributed by atoms with Gasteiger partial charge in [-0.05, 0) is 67.6 Å². The molecule has 0 fully saturated rings. The molecular formula is C24H16BrClO6. The highest BCUT2D eigenvalue weighted by Gasteiger charge is 2.15. The Balaban J connectivity index is 1.50. The van der Waals surface area contributed by atoms with E-state index in [0.717, 1.165) is 4.47 Å². The van der Waals surface area contributed by atoms with E-state index in [-0.39, 0.29) is 29.1 Å². The van der Waals surface area contributed by atoms with E-state index in [0.29, 0.717) is 27.7 Å². The van der Waals surface area contributed by atoms with Crippen LogP contribution in [0.15, 0.2) is 80.4 Å². The summed E-state index contributed by atoms with van der Waals surface area (Å²) in [5.74, 6) is 1.01. The molecule has 6 nitrogen and oxygen atoms in total. The number of aryl methyl sites for hydroxylation is 1. The van der Waals surface area contributed by atoms with Gasteiger partial charge < -0.3 is 18.6 Å². The van der Waals surface area contributed by atoms with Gasteiger partial charge in [0.05, 0.1) is 5.39 Å². The van der Waals surface area contributed by atoms with Crippen molar-refractivity contribution in [3.8, 4) is 23.0 Å². The van der Waals surface area contributed by atoms with Crippen molar-refractivity contribution < 1.29 is 23.4 Å². The maximum absolute atomic E-state index is 12.9. The van der Waals surface area contributed by atoms with Crippen LogP contribution < -0.4 is 19.6 Å². The topological polar surface area (TPSA) is 75.0 Å². The number of halogens is 2. The summed E-state index contributed by atoms with van der Waals surface area (Å²) in [5.41, 5.74) is -0.0646. The second-order valence-corrected chi connectivity index (χ2v) is 8.10. The molecule has 0 unspecified atom stereocenters. The molecule has 0 saturated heterocycles. The fourth-order valence-corrected chi connectivity index (χ4v) is 3.29. The summed E-state index contributed by atoms with van der Waals surface area (Å²) < 4.78 is 23.1. The first-order chi connectivity index (χ1) is 15.4. The highest BCUT2D eigenvalue weighted by molar-refractivity contribution is 9.10. The number of carbonyl (C=O) groups excluding carboxylic acids is 1. The summed E-state index contributed by atoms with van der Waals surface area (Å²) in [6.45, 7) is 1.35. The SMILES string of the molecule is Cc1oc2cc(OC(=O)COc3ccc(Br)cc3)ccc2c(=O)c1Oc1ccc(Cl)cc1. The first-order valence-electron chi connectivity index (χ1n) is 9.49. The van der Waals surface area contributed by atoms with Crippen molar-refractivity contribution in [1.82, 2.24) is 0 Å². The zero-order valence-corrected chi connectivity index (χ0v) is 19.1. The van der Waals surface area contributed by atoms with Gasteiger partial charge in [0.15, 0.2) is 6.61 Å². The van der Waals surface area contributed by atoms with Crippen LogP contribution in [-0.2, 0) is 4.79 Å². The van der Waals surface area contributed by atoms with E-state index in [1.165, 1.54) is 18.2 Å². The van der Waals surface area contributed by atoms with Crippen molar-refractivity contribution in [2.45, 2.75) is 6.92 Å². The molecule has 0 saturated carbocycles. The minimum atomic E-state index is -0.589. The molecule has 32 heavy (non-hydrogen) atoms. The Labute approximate surface area is 196 Å². The Bertz CT molecular complexity index is 1330. The molecule has 3 aromatic carbocycles. The van der Waals surface area contributed by atoms with E-state index in [4.69, 9.17) is 30.2 Å². The van der Waals surface area contributed by atoms with Crippen LogP contribution >= 0.6 is 27.5 Å². The molecule has 4 aromatic rings. The molecule has 0 aliphatic rings. The van der Waals surface area contributed by atoms with Crippen LogP contribution in [0.25, 0.3) is 11.0 Å². The summed E-state index contributed by atoms with van der Waals surface area (Å²) in [6.07, 6.45) is 0. The summed E-state index contributed by atoms with van der Waals surface area (Å²) in [6, 6.07) is 18.2. The molecule has 0 atom stereocenters. The quantitative estimate of drug-likeness (QED) is 0.222. The molecule has 0 amide bonds. The van der Waals surface area contributed by atoms with Crippen LogP contribution in [0.4, 0.5) is 0 Å². The van der Waals surface area contributed by atoms with Crippen molar-refractivity contribution in [2.75, 3.05) is 6.61 Å². The number of fused-ring (bicyclic) bond motifs is 1. The number of rotatable bonds is 6. The second-order valence-electron chi connectivity index (χ2n) is 6.75. The summed E-state index contributed by atoms with van der Waals surface area (Å²) in [7, 11) is 0. The van der Waals surface area contributed by atoms with Gasteiger partial charge in [-0.15, -0.1) is 0 Å². The monoisotopic (exact) mass is 514 g/mol. The number of carbonyl (C=O) groups is 1. The standard InChI is InChI=1S/C24H16BrClO6/c1-14-24(32-18-8-4-16(26)5-9-18)23(28)20-11-10-19(12-21(20)30-14)31-22(27)13-29-17-6-2-15(25)3-7-17/h2-12H,13H2,1H3. The lowest BCUT2D eigenvalue weighted by atomic mass is 10.2. The molecule has 0 radical (unpaired) electrons. The normalized spacial score (nSPS) is 10.7. The van der Waals surface area contributed by atoms with Crippen molar-refractivity contribution in [3.05, 3.63) is 92.2 Å². The molecule has 162 valence electrons. The van der Waals surface area contributed by atoms with E-state index in [9.17, 15) is 9.59 Å². The van der Waals surface area contributed by atoms with Crippen molar-refractivity contribution in [1.29, 1.82) is 0 Å². The van der Waals surface area contributed by atoms with Crippen LogP contribution in [0.3, 0.4) is 0 Å². The van der Waals surface area contributed by atoms with Crippen molar-refractivity contribution in [2.24, 2.45) is 0 Å². The Morgan fingerprint density at radius 1 is 0.969 bits per heavy atom. The van der Waals surface area contributed by atoms with Crippen molar-refractivity contribution in [3.63, 3.8) is 0 Å². The fourth-order valence-electron chi connectivity index (χ4n) is 2.90. The van der Waals surface area contributed by atoms with Gasteiger partial charge >= 0.3 is 5.97 Å². The predicted molar refractivity (Wildman–Crippen MR) is 124 cm³/mol. The van der Waals surface area contributed by atoms with Crippen molar-refractivity contribution >= 4 is 44.5 Å². The second kappa shape index (κ2) is 9.46. The van der Waals surface area contributed by atoms with Gasteiger partial charge in [-0.2, -0.15) is 0 Å². The first kappa shape index (κ1) is 21.9. The number of hydrogen-bond acceptors (Lipinski definition) is 6. The maximum Gasteiger partial charge on any atom is 0.349 e. The third kappa shape index (κ3) is 5.12. The number of hydrogen-bond donors (Lipinski definition) is 0. The van der Waals surface area contributed by atoms with Crippen LogP contribution in [0.2, 0.25) is 5.02 Å². The molecule has 0 bridgehead atoms. The molecular weight excluding hydrogens is 500 g/mol. The largest absolute Gasteiger partial charge is 0.482 e. The van der Waals surface area contributed by atoms with E-state index in [1.807, 2.05) is 0 Å². The highest BCUT2D eigenvalue weighted by Crippen LogP contribution is 2.28. The number of ether oxygens (including phenoxy) is 3. The lowest BCUT2D eigenvalue weighted by Gasteiger charge is -2.10. The Morgan fingerprint density at radius 3 is 2.34 bits per heavy atom. The third-order valence-electron chi connectivity index (χ3n) is 4.42. The van der Waals surface area contributed by atoms with Gasteiger partial charge in [-0.3, -0.25) is 4.79 Å². The molecule has 0 aliphatic carbocycles. The van der Waals surface area contributed by atoms with Gasteiger partial charge in [0.2, 0.25) is 11.2 Å².